The quantitative estimate of drug-likeness (QED) is 0.665. The molecule has 98 valence electrons. The number of carbonyl (C=O) groups excluding carboxylic acids is 2. The highest BCUT2D eigenvalue weighted by Crippen LogP contribution is 1.90. The van der Waals surface area contributed by atoms with E-state index in [1.807, 2.05) is 0 Å². The van der Waals surface area contributed by atoms with Crippen LogP contribution in [-0.2, 0) is 9.59 Å². The third-order valence-electron chi connectivity index (χ3n) is 2.12. The van der Waals surface area contributed by atoms with E-state index < -0.39 is 5.97 Å². The molecule has 7 nitrogen and oxygen atoms in total. The molecule has 0 bridgehead atoms. The van der Waals surface area contributed by atoms with E-state index in [0.717, 1.165) is 0 Å². The molecule has 0 saturated carbocycles. The summed E-state index contributed by atoms with van der Waals surface area (Å²) < 4.78 is 0. The SMILES string of the molecule is CN(C)C(=O)CCNC(=O)N(C)CCC(=O)O. The van der Waals surface area contributed by atoms with Gasteiger partial charge in [-0.15, -0.1) is 0 Å². The van der Waals surface area contributed by atoms with Crippen molar-refractivity contribution in [2.75, 3.05) is 34.2 Å². The minimum atomic E-state index is -0.951. The number of hydrogen-bond donors (Lipinski definition) is 2. The summed E-state index contributed by atoms with van der Waals surface area (Å²) in [5.74, 6) is -1.02. The van der Waals surface area contributed by atoms with Crippen LogP contribution in [0.3, 0.4) is 0 Å². The minimum absolute atomic E-state index is 0.0708. The summed E-state index contributed by atoms with van der Waals surface area (Å²) in [5.41, 5.74) is 0. The Labute approximate surface area is 100 Å². The first-order valence-electron chi connectivity index (χ1n) is 5.25. The van der Waals surface area contributed by atoms with Gasteiger partial charge >= 0.3 is 12.0 Å². The third-order valence-corrected chi connectivity index (χ3v) is 2.12. The molecule has 0 fully saturated rings. The van der Waals surface area contributed by atoms with Crippen LogP contribution in [0, 0.1) is 0 Å². The van der Waals surface area contributed by atoms with Crippen LogP contribution in [0.4, 0.5) is 4.79 Å². The Hall–Kier alpha value is -1.79. The normalized spacial score (nSPS) is 9.59. The maximum absolute atomic E-state index is 11.4. The maximum atomic E-state index is 11.4. The van der Waals surface area contributed by atoms with E-state index in [1.165, 1.54) is 16.8 Å². The molecule has 0 saturated heterocycles. The Morgan fingerprint density at radius 1 is 1.12 bits per heavy atom. The molecule has 0 spiro atoms. The Bertz CT molecular complexity index is 291. The highest BCUT2D eigenvalue weighted by Gasteiger charge is 2.10. The number of aliphatic carboxylic acids is 1. The van der Waals surface area contributed by atoms with Gasteiger partial charge in [0.05, 0.1) is 6.42 Å². The lowest BCUT2D eigenvalue weighted by molar-refractivity contribution is -0.137. The molecule has 0 aromatic rings. The fourth-order valence-corrected chi connectivity index (χ4v) is 1.000. The van der Waals surface area contributed by atoms with Crippen molar-refractivity contribution in [1.82, 2.24) is 15.1 Å². The van der Waals surface area contributed by atoms with E-state index in [0.29, 0.717) is 0 Å². The molecule has 0 rings (SSSR count). The standard InChI is InChI=1S/C10H19N3O4/c1-12(2)8(14)4-6-11-10(17)13(3)7-5-9(15)16/h4-7H2,1-3H3,(H,11,17)(H,15,16). The lowest BCUT2D eigenvalue weighted by atomic mass is 10.4. The monoisotopic (exact) mass is 245 g/mol. The number of carboxylic acids is 1. The van der Waals surface area contributed by atoms with Crippen LogP contribution in [0.5, 0.6) is 0 Å². The van der Waals surface area contributed by atoms with Crippen molar-refractivity contribution in [2.45, 2.75) is 12.8 Å². The van der Waals surface area contributed by atoms with Gasteiger partial charge < -0.3 is 20.2 Å². The predicted octanol–water partition coefficient (Wildman–Crippen LogP) is -0.419. The average molecular weight is 245 g/mol. The first-order chi connectivity index (χ1) is 7.84. The van der Waals surface area contributed by atoms with Crippen LogP contribution in [0.25, 0.3) is 0 Å². The number of carboxylic acid groups (broad SMARTS) is 1. The van der Waals surface area contributed by atoms with Gasteiger partial charge in [-0.2, -0.15) is 0 Å². The fourth-order valence-electron chi connectivity index (χ4n) is 1.000. The second kappa shape index (κ2) is 7.48. The number of carbonyl (C=O) groups is 3. The largest absolute Gasteiger partial charge is 0.481 e. The number of amides is 3. The average Bonchev–Trinajstić information content (AvgIpc) is 2.25. The van der Waals surface area contributed by atoms with Gasteiger partial charge in [0.1, 0.15) is 0 Å². The fraction of sp³-hybridized carbons (Fsp3) is 0.700. The summed E-state index contributed by atoms with van der Waals surface area (Å²) in [7, 11) is 4.79. The summed E-state index contributed by atoms with van der Waals surface area (Å²) in [6.07, 6.45) is 0.131. The second-order valence-corrected chi connectivity index (χ2v) is 3.84. The molecular weight excluding hydrogens is 226 g/mol. The van der Waals surface area contributed by atoms with Crippen molar-refractivity contribution in [3.05, 3.63) is 0 Å². The molecule has 0 aliphatic heterocycles. The topological polar surface area (TPSA) is 90.0 Å². The summed E-state index contributed by atoms with van der Waals surface area (Å²) in [4.78, 5) is 35.6. The second-order valence-electron chi connectivity index (χ2n) is 3.84. The lowest BCUT2D eigenvalue weighted by Gasteiger charge is -2.17. The van der Waals surface area contributed by atoms with Crippen LogP contribution in [-0.4, -0.2) is 67.0 Å². The van der Waals surface area contributed by atoms with Crippen molar-refractivity contribution in [1.29, 1.82) is 0 Å². The number of rotatable bonds is 6. The summed E-state index contributed by atoms with van der Waals surface area (Å²) in [6, 6.07) is -0.377. The molecule has 0 radical (unpaired) electrons. The molecule has 0 aromatic carbocycles. The Morgan fingerprint density at radius 3 is 2.18 bits per heavy atom. The number of hydrogen-bond acceptors (Lipinski definition) is 3. The van der Waals surface area contributed by atoms with Gasteiger partial charge in [0.15, 0.2) is 0 Å². The van der Waals surface area contributed by atoms with E-state index in [-0.39, 0.29) is 37.9 Å². The number of urea groups is 1. The predicted molar refractivity (Wildman–Crippen MR) is 61.6 cm³/mol. The van der Waals surface area contributed by atoms with E-state index >= 15 is 0 Å². The van der Waals surface area contributed by atoms with Crippen molar-refractivity contribution in [2.24, 2.45) is 0 Å². The van der Waals surface area contributed by atoms with Gasteiger partial charge in [-0.1, -0.05) is 0 Å². The third kappa shape index (κ3) is 7.15. The lowest BCUT2D eigenvalue weighted by Crippen LogP contribution is -2.39. The molecule has 0 aliphatic carbocycles. The summed E-state index contributed by atoms with van der Waals surface area (Å²) >= 11 is 0. The van der Waals surface area contributed by atoms with E-state index in [1.54, 1.807) is 14.1 Å². The molecule has 0 unspecified atom stereocenters. The van der Waals surface area contributed by atoms with Crippen molar-refractivity contribution < 1.29 is 19.5 Å². The van der Waals surface area contributed by atoms with Crippen LogP contribution in [0.15, 0.2) is 0 Å². The molecule has 7 heteroatoms. The summed E-state index contributed by atoms with van der Waals surface area (Å²) in [5, 5.41) is 11.0. The van der Waals surface area contributed by atoms with Gasteiger partial charge in [0.25, 0.3) is 0 Å². The van der Waals surface area contributed by atoms with Crippen LogP contribution in [0.2, 0.25) is 0 Å². The van der Waals surface area contributed by atoms with Gasteiger partial charge in [0.2, 0.25) is 5.91 Å². The molecule has 2 N–H and O–H groups in total. The zero-order chi connectivity index (χ0) is 13.4. The van der Waals surface area contributed by atoms with Crippen molar-refractivity contribution in [3.8, 4) is 0 Å². The van der Waals surface area contributed by atoms with Crippen molar-refractivity contribution in [3.63, 3.8) is 0 Å². The first-order valence-corrected chi connectivity index (χ1v) is 5.25. The first kappa shape index (κ1) is 15.2. The van der Waals surface area contributed by atoms with Crippen LogP contribution in [0.1, 0.15) is 12.8 Å². The minimum Gasteiger partial charge on any atom is -0.481 e. The highest BCUT2D eigenvalue weighted by molar-refractivity contribution is 5.78. The van der Waals surface area contributed by atoms with Crippen LogP contribution < -0.4 is 5.32 Å². The van der Waals surface area contributed by atoms with E-state index in [2.05, 4.69) is 5.32 Å². The van der Waals surface area contributed by atoms with Gasteiger partial charge in [0, 0.05) is 40.7 Å². The highest BCUT2D eigenvalue weighted by atomic mass is 16.4. The van der Waals surface area contributed by atoms with E-state index in [4.69, 9.17) is 5.11 Å². The van der Waals surface area contributed by atoms with Gasteiger partial charge in [-0.3, -0.25) is 9.59 Å². The molecule has 0 atom stereocenters. The molecule has 3 amide bonds. The Morgan fingerprint density at radius 2 is 1.71 bits per heavy atom. The molecular formula is C10H19N3O4. The molecule has 0 aromatic heterocycles. The molecule has 17 heavy (non-hydrogen) atoms. The summed E-state index contributed by atoms with van der Waals surface area (Å²) in [6.45, 7) is 0.385. The smallest absolute Gasteiger partial charge is 0.317 e. The Kier molecular flexibility index (Phi) is 6.69. The van der Waals surface area contributed by atoms with Gasteiger partial charge in [-0.05, 0) is 0 Å². The zero-order valence-corrected chi connectivity index (χ0v) is 10.4. The number of nitrogens with one attached hydrogen (secondary N) is 1. The Balaban J connectivity index is 3.78. The van der Waals surface area contributed by atoms with Crippen molar-refractivity contribution >= 4 is 17.9 Å². The van der Waals surface area contributed by atoms with Gasteiger partial charge in [-0.25, -0.2) is 4.79 Å². The maximum Gasteiger partial charge on any atom is 0.317 e. The molecule has 0 aliphatic rings. The molecule has 0 heterocycles. The van der Waals surface area contributed by atoms with E-state index in [9.17, 15) is 14.4 Å². The zero-order valence-electron chi connectivity index (χ0n) is 10.4. The number of nitrogens with zero attached hydrogens (tertiary/aromatic N) is 2. The van der Waals surface area contributed by atoms with Crippen LogP contribution >= 0.6 is 0 Å².